The van der Waals surface area contributed by atoms with Gasteiger partial charge in [0.15, 0.2) is 0 Å². The van der Waals surface area contributed by atoms with Crippen LogP contribution in [-0.2, 0) is 4.79 Å². The van der Waals surface area contributed by atoms with Crippen molar-refractivity contribution >= 4 is 12.0 Å². The maximum absolute atomic E-state index is 11.9. The highest BCUT2D eigenvalue weighted by atomic mass is 16.4. The molecule has 3 aliphatic carbocycles. The van der Waals surface area contributed by atoms with Crippen molar-refractivity contribution in [2.24, 2.45) is 23.2 Å². The molecule has 0 saturated heterocycles. The van der Waals surface area contributed by atoms with Crippen molar-refractivity contribution < 1.29 is 14.7 Å². The Bertz CT molecular complexity index is 400. The molecule has 21 heavy (non-hydrogen) atoms. The Labute approximate surface area is 125 Å². The Morgan fingerprint density at radius 3 is 2.14 bits per heavy atom. The molecule has 3 fully saturated rings. The summed E-state index contributed by atoms with van der Waals surface area (Å²) in [6.07, 6.45) is 8.36. The molecular weight excluding hydrogens is 268 g/mol. The Hall–Kier alpha value is -1.26. The van der Waals surface area contributed by atoms with Crippen LogP contribution in [0.5, 0.6) is 0 Å². The summed E-state index contributed by atoms with van der Waals surface area (Å²) >= 11 is 0. The van der Waals surface area contributed by atoms with Crippen LogP contribution in [0, 0.1) is 23.2 Å². The summed E-state index contributed by atoms with van der Waals surface area (Å²) in [6.45, 7) is 1.27. The molecule has 0 aromatic carbocycles. The smallest absolute Gasteiger partial charge is 0.314 e. The van der Waals surface area contributed by atoms with Crippen LogP contribution in [0.25, 0.3) is 0 Å². The van der Waals surface area contributed by atoms with E-state index < -0.39 is 5.97 Å². The van der Waals surface area contributed by atoms with E-state index in [2.05, 4.69) is 10.6 Å². The molecule has 3 rings (SSSR count). The minimum Gasteiger partial charge on any atom is -0.481 e. The quantitative estimate of drug-likeness (QED) is 0.643. The fourth-order valence-electron chi connectivity index (χ4n) is 3.72. The van der Waals surface area contributed by atoms with E-state index in [-0.39, 0.29) is 17.9 Å². The fourth-order valence-corrected chi connectivity index (χ4v) is 3.72. The first-order chi connectivity index (χ1) is 10.1. The van der Waals surface area contributed by atoms with Gasteiger partial charge in [0.2, 0.25) is 0 Å². The van der Waals surface area contributed by atoms with Crippen LogP contribution in [0.2, 0.25) is 0 Å². The third-order valence-corrected chi connectivity index (χ3v) is 5.52. The number of carboxylic acids is 1. The average molecular weight is 294 g/mol. The Kier molecular flexibility index (Phi) is 4.09. The van der Waals surface area contributed by atoms with Gasteiger partial charge < -0.3 is 15.7 Å². The summed E-state index contributed by atoms with van der Waals surface area (Å²) in [5.74, 6) is 1.58. The summed E-state index contributed by atoms with van der Waals surface area (Å²) in [5.41, 5.74) is -0.199. The van der Waals surface area contributed by atoms with E-state index in [0.717, 1.165) is 37.6 Å². The maximum atomic E-state index is 11.9. The molecule has 3 aliphatic rings. The van der Waals surface area contributed by atoms with Gasteiger partial charge in [0.25, 0.3) is 0 Å². The predicted molar refractivity (Wildman–Crippen MR) is 78.9 cm³/mol. The molecule has 118 valence electrons. The van der Waals surface area contributed by atoms with Crippen molar-refractivity contribution in [2.45, 2.75) is 51.4 Å². The standard InChI is InChI=1S/C16H26N2O3/c19-14(20)8-16(6-1-7-16)10-18-15(21)17-9-13(11-2-3-11)12-4-5-12/h11-13H,1-10H2,(H,19,20)(H2,17,18,21). The number of amides is 2. The van der Waals surface area contributed by atoms with Crippen molar-refractivity contribution in [1.82, 2.24) is 10.6 Å². The lowest BCUT2D eigenvalue weighted by Crippen LogP contribution is -2.47. The molecule has 0 bridgehead atoms. The Morgan fingerprint density at radius 2 is 1.71 bits per heavy atom. The normalized spacial score (nSPS) is 23.5. The molecule has 0 aromatic heterocycles. The zero-order chi connectivity index (χ0) is 14.9. The highest BCUT2D eigenvalue weighted by Crippen LogP contribution is 2.48. The van der Waals surface area contributed by atoms with Gasteiger partial charge in [0, 0.05) is 13.1 Å². The minimum absolute atomic E-state index is 0.127. The molecule has 3 N–H and O–H groups in total. The third kappa shape index (κ3) is 3.89. The molecule has 3 saturated carbocycles. The molecule has 0 spiro atoms. The number of carbonyl (C=O) groups is 2. The summed E-state index contributed by atoms with van der Waals surface area (Å²) in [7, 11) is 0. The Balaban J connectivity index is 1.38. The first kappa shape index (κ1) is 14.7. The van der Waals surface area contributed by atoms with E-state index >= 15 is 0 Å². The summed E-state index contributed by atoms with van der Waals surface area (Å²) in [4.78, 5) is 22.8. The van der Waals surface area contributed by atoms with Gasteiger partial charge in [-0.25, -0.2) is 4.79 Å². The lowest BCUT2D eigenvalue weighted by molar-refractivity contribution is -0.141. The number of aliphatic carboxylic acids is 1. The molecule has 2 amide bonds. The molecule has 5 heteroatoms. The van der Waals surface area contributed by atoms with E-state index in [9.17, 15) is 9.59 Å². The van der Waals surface area contributed by atoms with Gasteiger partial charge in [-0.15, -0.1) is 0 Å². The van der Waals surface area contributed by atoms with Crippen LogP contribution in [0.3, 0.4) is 0 Å². The zero-order valence-corrected chi connectivity index (χ0v) is 12.6. The second kappa shape index (κ2) is 5.85. The molecular formula is C16H26N2O3. The highest BCUT2D eigenvalue weighted by molar-refractivity contribution is 5.74. The van der Waals surface area contributed by atoms with Crippen LogP contribution >= 0.6 is 0 Å². The van der Waals surface area contributed by atoms with Crippen LogP contribution in [-0.4, -0.2) is 30.2 Å². The summed E-state index contributed by atoms with van der Waals surface area (Å²) in [6, 6.07) is -0.127. The van der Waals surface area contributed by atoms with E-state index in [4.69, 9.17) is 5.11 Å². The molecule has 0 unspecified atom stereocenters. The molecule has 0 aromatic rings. The average Bonchev–Trinajstić information content (AvgIpc) is 3.24. The number of nitrogens with one attached hydrogen (secondary N) is 2. The largest absolute Gasteiger partial charge is 0.481 e. The van der Waals surface area contributed by atoms with Gasteiger partial charge in [-0.2, -0.15) is 0 Å². The van der Waals surface area contributed by atoms with Gasteiger partial charge in [0.05, 0.1) is 6.42 Å². The van der Waals surface area contributed by atoms with E-state index in [1.165, 1.54) is 25.7 Å². The SMILES string of the molecule is O=C(O)CC1(CNC(=O)NCC(C2CC2)C2CC2)CCC1. The Morgan fingerprint density at radius 1 is 1.10 bits per heavy atom. The zero-order valence-electron chi connectivity index (χ0n) is 12.6. The molecule has 5 nitrogen and oxygen atoms in total. The molecule has 0 radical (unpaired) electrons. The second-order valence-electron chi connectivity index (χ2n) is 7.33. The molecule has 0 aliphatic heterocycles. The third-order valence-electron chi connectivity index (χ3n) is 5.52. The van der Waals surface area contributed by atoms with Gasteiger partial charge in [-0.05, 0) is 61.7 Å². The number of carbonyl (C=O) groups excluding carboxylic acids is 1. The highest BCUT2D eigenvalue weighted by Gasteiger charge is 2.42. The van der Waals surface area contributed by atoms with E-state index in [0.29, 0.717) is 12.5 Å². The molecule has 0 heterocycles. The molecule has 0 atom stereocenters. The van der Waals surface area contributed by atoms with Crippen molar-refractivity contribution in [3.63, 3.8) is 0 Å². The summed E-state index contributed by atoms with van der Waals surface area (Å²) in [5, 5.41) is 14.9. The van der Waals surface area contributed by atoms with Crippen LogP contribution in [0.4, 0.5) is 4.79 Å². The van der Waals surface area contributed by atoms with Crippen molar-refractivity contribution in [1.29, 1.82) is 0 Å². The lowest BCUT2D eigenvalue weighted by Gasteiger charge is -2.40. The number of rotatable bonds is 8. The second-order valence-corrected chi connectivity index (χ2v) is 7.33. The number of urea groups is 1. The van der Waals surface area contributed by atoms with Crippen molar-refractivity contribution in [3.05, 3.63) is 0 Å². The fraction of sp³-hybridized carbons (Fsp3) is 0.875. The van der Waals surface area contributed by atoms with Crippen LogP contribution in [0.1, 0.15) is 51.4 Å². The van der Waals surface area contributed by atoms with Crippen LogP contribution in [0.15, 0.2) is 0 Å². The number of hydrogen-bond acceptors (Lipinski definition) is 2. The van der Waals surface area contributed by atoms with Crippen molar-refractivity contribution in [2.75, 3.05) is 13.1 Å². The van der Waals surface area contributed by atoms with Gasteiger partial charge in [-0.1, -0.05) is 6.42 Å². The number of hydrogen-bond donors (Lipinski definition) is 3. The van der Waals surface area contributed by atoms with Gasteiger partial charge in [-0.3, -0.25) is 4.79 Å². The maximum Gasteiger partial charge on any atom is 0.314 e. The topological polar surface area (TPSA) is 78.4 Å². The predicted octanol–water partition coefficient (Wildman–Crippen LogP) is 2.37. The number of carboxylic acid groups (broad SMARTS) is 1. The van der Waals surface area contributed by atoms with E-state index in [1.54, 1.807) is 0 Å². The van der Waals surface area contributed by atoms with Crippen molar-refractivity contribution in [3.8, 4) is 0 Å². The minimum atomic E-state index is -0.764. The van der Waals surface area contributed by atoms with Gasteiger partial charge in [0.1, 0.15) is 0 Å². The summed E-state index contributed by atoms with van der Waals surface area (Å²) < 4.78 is 0. The monoisotopic (exact) mass is 294 g/mol. The first-order valence-electron chi connectivity index (χ1n) is 8.31. The lowest BCUT2D eigenvalue weighted by atomic mass is 9.66. The van der Waals surface area contributed by atoms with Gasteiger partial charge >= 0.3 is 12.0 Å². The van der Waals surface area contributed by atoms with Crippen LogP contribution < -0.4 is 10.6 Å². The van der Waals surface area contributed by atoms with E-state index in [1.807, 2.05) is 0 Å². The first-order valence-corrected chi connectivity index (χ1v) is 8.31.